The van der Waals surface area contributed by atoms with Crippen molar-refractivity contribution < 1.29 is 1.43 Å². The van der Waals surface area contributed by atoms with Crippen LogP contribution in [0.25, 0.3) is 0 Å². The van der Waals surface area contributed by atoms with Crippen LogP contribution < -0.4 is 10.6 Å². The lowest BCUT2D eigenvalue weighted by molar-refractivity contribution is 0.381. The molecule has 4 rings (SSSR count). The first kappa shape index (κ1) is 20.1. The third kappa shape index (κ3) is 5.44. The largest absolute Gasteiger partial charge is 0.304 e. The Labute approximate surface area is 181 Å². The van der Waals surface area contributed by atoms with E-state index in [-0.39, 0.29) is 13.5 Å². The second-order valence-electron chi connectivity index (χ2n) is 7.51. The van der Waals surface area contributed by atoms with Crippen molar-refractivity contribution >= 4 is 0 Å². The molecule has 0 saturated heterocycles. The molecule has 0 unspecified atom stereocenters. The summed E-state index contributed by atoms with van der Waals surface area (Å²) in [7, 11) is 0. The number of hydrogen-bond donors (Lipinski definition) is 2. The van der Waals surface area contributed by atoms with Crippen LogP contribution in [0.2, 0.25) is 0 Å². The Bertz CT molecular complexity index is 907. The summed E-state index contributed by atoms with van der Waals surface area (Å²) in [5.74, 6) is 0. The fourth-order valence-electron chi connectivity index (χ4n) is 3.82. The van der Waals surface area contributed by atoms with Gasteiger partial charge in [-0.2, -0.15) is 0 Å². The van der Waals surface area contributed by atoms with E-state index in [9.17, 15) is 0 Å². The minimum absolute atomic E-state index is 0. The van der Waals surface area contributed by atoms with Gasteiger partial charge < -0.3 is 10.6 Å². The van der Waals surface area contributed by atoms with Crippen LogP contribution in [-0.4, -0.2) is 0 Å². The SMILES string of the molecule is [2HH].c1ccc(CN[C@@H](c2ccccc2)[C@@H](NCc2ccccc2)c2ccccc2)cc1. The zero-order chi connectivity index (χ0) is 20.4. The summed E-state index contributed by atoms with van der Waals surface area (Å²) in [6.07, 6.45) is 0. The van der Waals surface area contributed by atoms with Gasteiger partial charge in [-0.05, 0) is 22.3 Å². The molecule has 0 aromatic heterocycles. The quantitative estimate of drug-likeness (QED) is 0.348. The van der Waals surface area contributed by atoms with E-state index in [0.29, 0.717) is 0 Å². The molecule has 2 nitrogen and oxygen atoms in total. The van der Waals surface area contributed by atoms with Gasteiger partial charge in [0.05, 0.1) is 12.1 Å². The number of hydrogen-bond acceptors (Lipinski definition) is 2. The van der Waals surface area contributed by atoms with Gasteiger partial charge in [-0.3, -0.25) is 0 Å². The van der Waals surface area contributed by atoms with Gasteiger partial charge in [-0.15, -0.1) is 0 Å². The second kappa shape index (κ2) is 10.5. The Hall–Kier alpha value is -3.20. The van der Waals surface area contributed by atoms with Gasteiger partial charge in [0.1, 0.15) is 0 Å². The number of nitrogens with one attached hydrogen (secondary N) is 2. The molecule has 0 fully saturated rings. The Balaban J connectivity index is 0.00000272. The maximum absolute atomic E-state index is 3.82. The summed E-state index contributed by atoms with van der Waals surface area (Å²) in [6.45, 7) is 1.63. The third-order valence-electron chi connectivity index (χ3n) is 5.39. The average molecular weight is 396 g/mol. The molecule has 4 aromatic carbocycles. The molecule has 152 valence electrons. The predicted molar refractivity (Wildman–Crippen MR) is 127 cm³/mol. The van der Waals surface area contributed by atoms with E-state index in [1.54, 1.807) is 0 Å². The van der Waals surface area contributed by atoms with Crippen LogP contribution in [0.5, 0.6) is 0 Å². The molecule has 0 aliphatic carbocycles. The van der Waals surface area contributed by atoms with Gasteiger partial charge in [0.2, 0.25) is 0 Å². The molecule has 30 heavy (non-hydrogen) atoms. The highest BCUT2D eigenvalue weighted by molar-refractivity contribution is 5.28. The van der Waals surface area contributed by atoms with E-state index in [1.807, 2.05) is 0 Å². The Morgan fingerprint density at radius 3 is 1.07 bits per heavy atom. The summed E-state index contributed by atoms with van der Waals surface area (Å²) < 4.78 is 0. The van der Waals surface area contributed by atoms with E-state index >= 15 is 0 Å². The predicted octanol–water partition coefficient (Wildman–Crippen LogP) is 6.29. The van der Waals surface area contributed by atoms with Crippen molar-refractivity contribution in [2.24, 2.45) is 0 Å². The van der Waals surface area contributed by atoms with Gasteiger partial charge in [-0.1, -0.05) is 121 Å². The van der Waals surface area contributed by atoms with Crippen molar-refractivity contribution in [2.75, 3.05) is 0 Å². The third-order valence-corrected chi connectivity index (χ3v) is 5.39. The van der Waals surface area contributed by atoms with Gasteiger partial charge in [0.15, 0.2) is 0 Å². The first-order chi connectivity index (χ1) is 14.9. The van der Waals surface area contributed by atoms with E-state index in [1.165, 1.54) is 22.3 Å². The minimum atomic E-state index is 0. The average Bonchev–Trinajstić information content (AvgIpc) is 2.83. The number of benzene rings is 4. The van der Waals surface area contributed by atoms with E-state index in [0.717, 1.165) is 13.1 Å². The Kier molecular flexibility index (Phi) is 7.06. The lowest BCUT2D eigenvalue weighted by Crippen LogP contribution is -2.35. The standard InChI is InChI=1S/C28H28N2.H2/c1-5-13-23(14-6-1)21-29-27(25-17-9-3-10-18-25)28(26-19-11-4-12-20-26)30-22-24-15-7-2-8-16-24;/h1-20,27-30H,21-22H2;1H/t27-,28-;/m0./s1/i;1+1. The zero-order valence-electron chi connectivity index (χ0n) is 17.1. The maximum Gasteiger partial charge on any atom is 0.0521 e. The molecule has 2 heteroatoms. The van der Waals surface area contributed by atoms with E-state index < -0.39 is 0 Å². The molecule has 0 aliphatic rings. The normalized spacial score (nSPS) is 12.9. The Morgan fingerprint density at radius 1 is 0.433 bits per heavy atom. The maximum atomic E-state index is 3.82. The lowest BCUT2D eigenvalue weighted by Gasteiger charge is -2.30. The number of rotatable bonds is 9. The molecular formula is C28H30N2. The minimum Gasteiger partial charge on any atom is -0.304 e. The molecule has 0 bridgehead atoms. The van der Waals surface area contributed by atoms with Crippen molar-refractivity contribution in [1.29, 1.82) is 0 Å². The molecule has 0 spiro atoms. The highest BCUT2D eigenvalue weighted by Gasteiger charge is 2.24. The first-order valence-electron chi connectivity index (χ1n) is 10.5. The van der Waals surface area contributed by atoms with Crippen molar-refractivity contribution in [3.8, 4) is 0 Å². The lowest BCUT2D eigenvalue weighted by atomic mass is 9.92. The van der Waals surface area contributed by atoms with Crippen LogP contribution in [0.15, 0.2) is 121 Å². The van der Waals surface area contributed by atoms with Crippen molar-refractivity contribution in [2.45, 2.75) is 25.2 Å². The summed E-state index contributed by atoms with van der Waals surface area (Å²) in [5, 5.41) is 7.65. The molecule has 0 heterocycles. The molecule has 0 radical (unpaired) electrons. The van der Waals surface area contributed by atoms with Crippen LogP contribution in [0.1, 0.15) is 35.8 Å². The highest BCUT2D eigenvalue weighted by atomic mass is 15.0. The highest BCUT2D eigenvalue weighted by Crippen LogP contribution is 2.30. The van der Waals surface area contributed by atoms with Crippen molar-refractivity contribution in [3.05, 3.63) is 144 Å². The summed E-state index contributed by atoms with van der Waals surface area (Å²) in [6, 6.07) is 42.9. The summed E-state index contributed by atoms with van der Waals surface area (Å²) in [5.41, 5.74) is 5.13. The van der Waals surface area contributed by atoms with Crippen molar-refractivity contribution in [1.82, 2.24) is 10.6 Å². The van der Waals surface area contributed by atoms with Crippen LogP contribution in [0.4, 0.5) is 0 Å². The molecule has 0 aliphatic heterocycles. The second-order valence-corrected chi connectivity index (χ2v) is 7.51. The van der Waals surface area contributed by atoms with Gasteiger partial charge in [0.25, 0.3) is 0 Å². The van der Waals surface area contributed by atoms with Crippen molar-refractivity contribution in [3.63, 3.8) is 0 Å². The van der Waals surface area contributed by atoms with E-state index in [4.69, 9.17) is 0 Å². The van der Waals surface area contributed by atoms with Gasteiger partial charge >= 0.3 is 0 Å². The fraction of sp³-hybridized carbons (Fsp3) is 0.143. The molecule has 0 saturated carbocycles. The van der Waals surface area contributed by atoms with Crippen LogP contribution in [0.3, 0.4) is 0 Å². The molecule has 4 aromatic rings. The smallest absolute Gasteiger partial charge is 0.0521 e. The monoisotopic (exact) mass is 395 g/mol. The molecule has 0 amide bonds. The zero-order valence-corrected chi connectivity index (χ0v) is 17.1. The van der Waals surface area contributed by atoms with Gasteiger partial charge in [-0.25, -0.2) is 0 Å². The Morgan fingerprint density at radius 2 is 0.733 bits per heavy atom. The molecular weight excluding hydrogens is 364 g/mol. The summed E-state index contributed by atoms with van der Waals surface area (Å²) >= 11 is 0. The van der Waals surface area contributed by atoms with E-state index in [2.05, 4.69) is 132 Å². The van der Waals surface area contributed by atoms with Crippen LogP contribution in [0, 0.1) is 0 Å². The fourth-order valence-corrected chi connectivity index (χ4v) is 3.82. The first-order valence-corrected chi connectivity index (χ1v) is 10.5. The van der Waals surface area contributed by atoms with Crippen LogP contribution in [-0.2, 0) is 13.1 Å². The van der Waals surface area contributed by atoms with Crippen LogP contribution >= 0.6 is 0 Å². The summed E-state index contributed by atoms with van der Waals surface area (Å²) in [4.78, 5) is 0. The van der Waals surface area contributed by atoms with Gasteiger partial charge in [0, 0.05) is 14.5 Å². The topological polar surface area (TPSA) is 24.1 Å². The molecule has 2 N–H and O–H groups in total. The molecule has 2 atom stereocenters.